The summed E-state index contributed by atoms with van der Waals surface area (Å²) in [6.45, 7) is 10.1. The number of benzene rings is 1. The molecule has 0 bridgehead atoms. The molecule has 112 valence electrons. The Bertz CT molecular complexity index is 526. The first-order valence-electron chi connectivity index (χ1n) is 6.49. The molecule has 0 aliphatic heterocycles. The van der Waals surface area contributed by atoms with Crippen molar-refractivity contribution in [2.24, 2.45) is 0 Å². The van der Waals surface area contributed by atoms with E-state index in [0.29, 0.717) is 19.0 Å². The fraction of sp³-hybridized carbons (Fsp3) is 0.235. The van der Waals surface area contributed by atoms with Gasteiger partial charge in [-0.25, -0.2) is 4.79 Å². The van der Waals surface area contributed by atoms with Gasteiger partial charge in [0, 0.05) is 6.08 Å². The zero-order valence-corrected chi connectivity index (χ0v) is 12.4. The van der Waals surface area contributed by atoms with Crippen LogP contribution in [0, 0.1) is 0 Å². The molecule has 0 fully saturated rings. The summed E-state index contributed by atoms with van der Waals surface area (Å²) in [5, 5.41) is 0. The molecule has 0 amide bonds. The first kappa shape index (κ1) is 16.6. The zero-order chi connectivity index (χ0) is 15.7. The molecule has 1 aromatic rings. The van der Waals surface area contributed by atoms with Crippen LogP contribution in [0.3, 0.4) is 0 Å². The second kappa shape index (κ2) is 8.64. The topological polar surface area (TPSA) is 44.8 Å². The Kier molecular flexibility index (Phi) is 6.81. The Morgan fingerprint density at radius 3 is 2.43 bits per heavy atom. The summed E-state index contributed by atoms with van der Waals surface area (Å²) in [7, 11) is 1.34. The molecule has 0 saturated carbocycles. The Balaban J connectivity index is 2.38. The summed E-state index contributed by atoms with van der Waals surface area (Å²) in [5.74, 6) is 0.918. The highest BCUT2D eigenvalue weighted by Crippen LogP contribution is 2.13. The van der Waals surface area contributed by atoms with Gasteiger partial charge in [0.2, 0.25) is 0 Å². The van der Waals surface area contributed by atoms with Crippen molar-refractivity contribution >= 4 is 12.0 Å². The number of carbonyl (C=O) groups is 1. The van der Waals surface area contributed by atoms with Crippen LogP contribution in [-0.4, -0.2) is 26.3 Å². The van der Waals surface area contributed by atoms with E-state index >= 15 is 0 Å². The number of hydrogen-bond donors (Lipinski definition) is 0. The fourth-order valence-corrected chi connectivity index (χ4v) is 1.36. The minimum atomic E-state index is -0.384. The van der Waals surface area contributed by atoms with E-state index in [4.69, 9.17) is 9.47 Å². The predicted octanol–water partition coefficient (Wildman–Crippen LogP) is 3.36. The van der Waals surface area contributed by atoms with Crippen LogP contribution >= 0.6 is 0 Å². The summed E-state index contributed by atoms with van der Waals surface area (Å²) in [6.07, 6.45) is 3.04. The Morgan fingerprint density at radius 2 is 1.86 bits per heavy atom. The van der Waals surface area contributed by atoms with Crippen LogP contribution in [0.4, 0.5) is 0 Å². The molecule has 0 aliphatic carbocycles. The van der Waals surface area contributed by atoms with Crippen LogP contribution in [0.15, 0.2) is 54.8 Å². The van der Waals surface area contributed by atoms with Gasteiger partial charge in [0.1, 0.15) is 24.7 Å². The molecule has 0 atom stereocenters. The van der Waals surface area contributed by atoms with Crippen molar-refractivity contribution in [1.29, 1.82) is 0 Å². The van der Waals surface area contributed by atoms with Crippen molar-refractivity contribution in [2.45, 2.75) is 6.92 Å². The second-order valence-corrected chi connectivity index (χ2v) is 4.33. The predicted molar refractivity (Wildman–Crippen MR) is 82.9 cm³/mol. The fourth-order valence-electron chi connectivity index (χ4n) is 1.36. The third-order valence-corrected chi connectivity index (χ3v) is 2.60. The van der Waals surface area contributed by atoms with E-state index in [1.165, 1.54) is 13.2 Å². The number of allylic oxidation sites excluding steroid dienone is 1. The molecular weight excluding hydrogens is 268 g/mol. The monoisotopic (exact) mass is 288 g/mol. The normalized spacial score (nSPS) is 10.2. The van der Waals surface area contributed by atoms with Crippen LogP contribution in [-0.2, 0) is 14.3 Å². The number of carbonyl (C=O) groups excluding carboxylic acids is 1. The number of ether oxygens (including phenoxy) is 3. The lowest BCUT2D eigenvalue weighted by atomic mass is 10.2. The molecule has 21 heavy (non-hydrogen) atoms. The third-order valence-electron chi connectivity index (χ3n) is 2.60. The largest absolute Gasteiger partial charge is 0.490 e. The summed E-state index contributed by atoms with van der Waals surface area (Å²) < 4.78 is 15.4. The SMILES string of the molecule is C=C(C)C(=C)OCCOc1ccc(/C=C/C(=O)OC)cc1. The smallest absolute Gasteiger partial charge is 0.330 e. The van der Waals surface area contributed by atoms with Crippen molar-refractivity contribution in [3.63, 3.8) is 0 Å². The van der Waals surface area contributed by atoms with Crippen molar-refractivity contribution in [3.8, 4) is 5.75 Å². The van der Waals surface area contributed by atoms with Gasteiger partial charge in [-0.2, -0.15) is 0 Å². The van der Waals surface area contributed by atoms with Crippen LogP contribution in [0.2, 0.25) is 0 Å². The van der Waals surface area contributed by atoms with Crippen LogP contribution < -0.4 is 4.74 Å². The first-order chi connectivity index (χ1) is 10.0. The quantitative estimate of drug-likeness (QED) is 0.242. The molecule has 0 spiro atoms. The molecular formula is C17H20O4. The average Bonchev–Trinajstić information content (AvgIpc) is 2.49. The highest BCUT2D eigenvalue weighted by Gasteiger charge is 1.98. The van der Waals surface area contributed by atoms with E-state index in [1.54, 1.807) is 6.08 Å². The van der Waals surface area contributed by atoms with Gasteiger partial charge in [-0.15, -0.1) is 0 Å². The van der Waals surface area contributed by atoms with E-state index in [9.17, 15) is 4.79 Å². The van der Waals surface area contributed by atoms with Crippen molar-refractivity contribution in [3.05, 3.63) is 60.4 Å². The van der Waals surface area contributed by atoms with Crippen LogP contribution in [0.5, 0.6) is 5.75 Å². The number of methoxy groups -OCH3 is 1. The maximum Gasteiger partial charge on any atom is 0.330 e. The van der Waals surface area contributed by atoms with E-state index in [-0.39, 0.29) is 5.97 Å². The van der Waals surface area contributed by atoms with E-state index in [2.05, 4.69) is 17.9 Å². The van der Waals surface area contributed by atoms with E-state index in [1.807, 2.05) is 31.2 Å². The van der Waals surface area contributed by atoms with E-state index < -0.39 is 0 Å². The van der Waals surface area contributed by atoms with Gasteiger partial charge in [-0.1, -0.05) is 25.3 Å². The van der Waals surface area contributed by atoms with Gasteiger partial charge in [0.05, 0.1) is 7.11 Å². The van der Waals surface area contributed by atoms with Gasteiger partial charge in [0.15, 0.2) is 0 Å². The Labute approximate surface area is 125 Å². The van der Waals surface area contributed by atoms with Crippen molar-refractivity contribution < 1.29 is 19.0 Å². The molecule has 4 heteroatoms. The summed E-state index contributed by atoms with van der Waals surface area (Å²) in [4.78, 5) is 11.0. The first-order valence-corrected chi connectivity index (χ1v) is 6.49. The van der Waals surface area contributed by atoms with E-state index in [0.717, 1.165) is 16.9 Å². The minimum absolute atomic E-state index is 0.384. The third kappa shape index (κ3) is 6.47. The molecule has 0 unspecified atom stereocenters. The Hall–Kier alpha value is -2.49. The molecule has 1 rings (SSSR count). The van der Waals surface area contributed by atoms with Gasteiger partial charge >= 0.3 is 5.97 Å². The summed E-state index contributed by atoms with van der Waals surface area (Å²) in [5.41, 5.74) is 1.69. The molecule has 4 nitrogen and oxygen atoms in total. The van der Waals surface area contributed by atoms with Gasteiger partial charge in [-0.3, -0.25) is 0 Å². The number of esters is 1. The Morgan fingerprint density at radius 1 is 1.19 bits per heavy atom. The lowest BCUT2D eigenvalue weighted by Crippen LogP contribution is -2.06. The molecule has 0 aliphatic rings. The summed E-state index contributed by atoms with van der Waals surface area (Å²) >= 11 is 0. The number of hydrogen-bond acceptors (Lipinski definition) is 4. The lowest BCUT2D eigenvalue weighted by Gasteiger charge is -2.10. The zero-order valence-electron chi connectivity index (χ0n) is 12.4. The maximum atomic E-state index is 11.0. The molecule has 0 aromatic heterocycles. The summed E-state index contributed by atoms with van der Waals surface area (Å²) in [6, 6.07) is 7.35. The van der Waals surface area contributed by atoms with Crippen LogP contribution in [0.1, 0.15) is 12.5 Å². The van der Waals surface area contributed by atoms with Gasteiger partial charge in [-0.05, 0) is 36.3 Å². The maximum absolute atomic E-state index is 11.0. The molecule has 0 saturated heterocycles. The molecule has 0 radical (unpaired) electrons. The van der Waals surface area contributed by atoms with Gasteiger partial charge < -0.3 is 14.2 Å². The number of rotatable bonds is 8. The molecule has 1 aromatic carbocycles. The van der Waals surface area contributed by atoms with Crippen LogP contribution in [0.25, 0.3) is 6.08 Å². The molecule has 0 N–H and O–H groups in total. The van der Waals surface area contributed by atoms with Crippen molar-refractivity contribution in [2.75, 3.05) is 20.3 Å². The second-order valence-electron chi connectivity index (χ2n) is 4.33. The lowest BCUT2D eigenvalue weighted by molar-refractivity contribution is -0.134. The van der Waals surface area contributed by atoms with Crippen molar-refractivity contribution in [1.82, 2.24) is 0 Å². The molecule has 0 heterocycles. The highest BCUT2D eigenvalue weighted by atomic mass is 16.5. The minimum Gasteiger partial charge on any atom is -0.490 e. The average molecular weight is 288 g/mol. The standard InChI is InChI=1S/C17H20O4/c1-13(2)14(3)20-11-12-21-16-8-5-15(6-9-16)7-10-17(18)19-4/h5-10H,1,3,11-12H2,2,4H3/b10-7+. The van der Waals surface area contributed by atoms with Gasteiger partial charge in [0.25, 0.3) is 0 Å². The highest BCUT2D eigenvalue weighted by molar-refractivity contribution is 5.86.